The smallest absolute Gasteiger partial charge is 0.225 e. The van der Waals surface area contributed by atoms with Crippen LogP contribution in [0.3, 0.4) is 0 Å². The van der Waals surface area contributed by atoms with Gasteiger partial charge in [0, 0.05) is 18.1 Å². The third-order valence-corrected chi connectivity index (χ3v) is 6.04. The molecule has 0 saturated carbocycles. The molecule has 1 amide bonds. The van der Waals surface area contributed by atoms with Crippen molar-refractivity contribution in [2.75, 3.05) is 0 Å². The van der Waals surface area contributed by atoms with Crippen molar-refractivity contribution in [1.29, 1.82) is 0 Å². The average Bonchev–Trinajstić information content (AvgIpc) is 2.78. The molecule has 3 nitrogen and oxygen atoms in total. The zero-order valence-corrected chi connectivity index (χ0v) is 17.3. The molecule has 1 aliphatic heterocycles. The molecule has 1 aliphatic carbocycles. The maximum atomic E-state index is 13.0. The van der Waals surface area contributed by atoms with Gasteiger partial charge in [-0.05, 0) is 36.5 Å². The molecule has 0 spiro atoms. The summed E-state index contributed by atoms with van der Waals surface area (Å²) in [5, 5.41) is 0. The van der Waals surface area contributed by atoms with Crippen LogP contribution in [0.1, 0.15) is 47.2 Å². The first-order valence-electron chi connectivity index (χ1n) is 10.5. The van der Waals surface area contributed by atoms with E-state index in [1.165, 1.54) is 22.3 Å². The van der Waals surface area contributed by atoms with E-state index < -0.39 is 0 Å². The molecule has 0 radical (unpaired) electrons. The summed E-state index contributed by atoms with van der Waals surface area (Å²) in [4.78, 5) is 20.0. The summed E-state index contributed by atoms with van der Waals surface area (Å²) >= 11 is 0. The molecule has 5 rings (SSSR count). The van der Waals surface area contributed by atoms with Crippen LogP contribution in [-0.2, 0) is 11.2 Å². The van der Waals surface area contributed by atoms with Gasteiger partial charge in [-0.1, -0.05) is 84.4 Å². The van der Waals surface area contributed by atoms with E-state index in [2.05, 4.69) is 55.5 Å². The Balaban J connectivity index is 1.78. The number of nitrogens with zero attached hydrogens (tertiary/aromatic N) is 2. The standard InChI is InChI=1S/C27H24N2O/c1-18-12-14-21(15-13-18)26-24-17-16-20-8-6-7-11-23(20)25(24)28-27(29(26)19(2)30)22-9-4-3-5-10-22/h3-15,26H,16-17H2,1-2H3. The van der Waals surface area contributed by atoms with Crippen molar-refractivity contribution in [2.24, 2.45) is 4.99 Å². The molecule has 0 fully saturated rings. The number of benzene rings is 3. The number of carbonyl (C=O) groups is 1. The number of rotatable bonds is 2. The van der Waals surface area contributed by atoms with Crippen LogP contribution in [0.4, 0.5) is 0 Å². The van der Waals surface area contributed by atoms with Crippen molar-refractivity contribution < 1.29 is 4.79 Å². The maximum absolute atomic E-state index is 13.0. The molecule has 0 bridgehead atoms. The highest BCUT2D eigenvalue weighted by molar-refractivity contribution is 6.11. The van der Waals surface area contributed by atoms with Crippen LogP contribution in [0.15, 0.2) is 89.4 Å². The monoisotopic (exact) mass is 392 g/mol. The van der Waals surface area contributed by atoms with Gasteiger partial charge in [0.25, 0.3) is 0 Å². The number of aliphatic imine (C=N–C) groups is 1. The lowest BCUT2D eigenvalue weighted by Gasteiger charge is -2.40. The average molecular weight is 393 g/mol. The fraction of sp³-hybridized carbons (Fsp3) is 0.185. The van der Waals surface area contributed by atoms with E-state index in [0.717, 1.165) is 35.5 Å². The van der Waals surface area contributed by atoms with E-state index in [-0.39, 0.29) is 11.9 Å². The van der Waals surface area contributed by atoms with Gasteiger partial charge >= 0.3 is 0 Å². The molecule has 2 aliphatic rings. The Morgan fingerprint density at radius 2 is 1.60 bits per heavy atom. The zero-order valence-electron chi connectivity index (χ0n) is 17.3. The lowest BCUT2D eigenvalue weighted by molar-refractivity contribution is -0.126. The highest BCUT2D eigenvalue weighted by Gasteiger charge is 2.38. The lowest BCUT2D eigenvalue weighted by Crippen LogP contribution is -2.43. The Bertz CT molecular complexity index is 1170. The third kappa shape index (κ3) is 3.07. The van der Waals surface area contributed by atoms with Gasteiger partial charge in [0.05, 0.1) is 11.7 Å². The summed E-state index contributed by atoms with van der Waals surface area (Å²) < 4.78 is 0. The van der Waals surface area contributed by atoms with E-state index in [0.29, 0.717) is 0 Å². The normalized spacial score (nSPS) is 17.9. The summed E-state index contributed by atoms with van der Waals surface area (Å²) in [7, 11) is 0. The molecule has 30 heavy (non-hydrogen) atoms. The summed E-state index contributed by atoms with van der Waals surface area (Å²) in [6.07, 6.45) is 1.87. The van der Waals surface area contributed by atoms with Crippen LogP contribution >= 0.6 is 0 Å². The van der Waals surface area contributed by atoms with Crippen molar-refractivity contribution in [3.63, 3.8) is 0 Å². The van der Waals surface area contributed by atoms with Crippen molar-refractivity contribution >= 4 is 17.4 Å². The predicted octanol–water partition coefficient (Wildman–Crippen LogP) is 5.70. The van der Waals surface area contributed by atoms with Crippen LogP contribution in [0.5, 0.6) is 0 Å². The van der Waals surface area contributed by atoms with Crippen LogP contribution < -0.4 is 0 Å². The second-order valence-electron chi connectivity index (χ2n) is 8.03. The first-order chi connectivity index (χ1) is 14.6. The number of amidine groups is 1. The van der Waals surface area contributed by atoms with E-state index in [4.69, 9.17) is 4.99 Å². The molecule has 0 aromatic heterocycles. The number of amides is 1. The second kappa shape index (κ2) is 7.42. The molecule has 0 saturated heterocycles. The van der Waals surface area contributed by atoms with Crippen LogP contribution in [0, 0.1) is 6.92 Å². The Morgan fingerprint density at radius 3 is 2.33 bits per heavy atom. The van der Waals surface area contributed by atoms with Crippen LogP contribution in [-0.4, -0.2) is 16.6 Å². The lowest BCUT2D eigenvalue weighted by atomic mass is 9.81. The summed E-state index contributed by atoms with van der Waals surface area (Å²) in [6, 6.07) is 27.0. The number of fused-ring (bicyclic) bond motifs is 2. The van der Waals surface area contributed by atoms with Gasteiger partial charge in [-0.3, -0.25) is 9.69 Å². The highest BCUT2D eigenvalue weighted by Crippen LogP contribution is 2.45. The number of hydrogen-bond donors (Lipinski definition) is 0. The molecule has 148 valence electrons. The summed E-state index contributed by atoms with van der Waals surface area (Å²) in [5.41, 5.74) is 8.07. The third-order valence-electron chi connectivity index (χ3n) is 6.04. The molecule has 3 aromatic rings. The second-order valence-corrected chi connectivity index (χ2v) is 8.03. The first-order valence-corrected chi connectivity index (χ1v) is 10.5. The molecule has 3 heteroatoms. The molecular weight excluding hydrogens is 368 g/mol. The molecular formula is C27H24N2O. The van der Waals surface area contributed by atoms with E-state index in [1.54, 1.807) is 6.92 Å². The highest BCUT2D eigenvalue weighted by atomic mass is 16.2. The van der Waals surface area contributed by atoms with Crippen molar-refractivity contribution in [3.05, 3.63) is 112 Å². The van der Waals surface area contributed by atoms with E-state index >= 15 is 0 Å². The van der Waals surface area contributed by atoms with Gasteiger partial charge < -0.3 is 0 Å². The minimum Gasteiger partial charge on any atom is -0.285 e. The molecule has 1 unspecified atom stereocenters. The van der Waals surface area contributed by atoms with Crippen molar-refractivity contribution in [3.8, 4) is 0 Å². The van der Waals surface area contributed by atoms with E-state index in [9.17, 15) is 4.79 Å². The first kappa shape index (κ1) is 18.6. The predicted molar refractivity (Wildman–Crippen MR) is 121 cm³/mol. The Labute approximate surface area is 177 Å². The largest absolute Gasteiger partial charge is 0.285 e. The molecule has 0 N–H and O–H groups in total. The van der Waals surface area contributed by atoms with Gasteiger partial charge in [0.2, 0.25) is 5.91 Å². The molecule has 1 heterocycles. The fourth-order valence-corrected chi connectivity index (χ4v) is 4.59. The minimum absolute atomic E-state index is 0.00795. The van der Waals surface area contributed by atoms with Crippen LogP contribution in [0.2, 0.25) is 0 Å². The van der Waals surface area contributed by atoms with E-state index in [1.807, 2.05) is 35.2 Å². The van der Waals surface area contributed by atoms with Gasteiger partial charge in [-0.25, -0.2) is 4.99 Å². The van der Waals surface area contributed by atoms with Crippen LogP contribution in [0.25, 0.3) is 5.70 Å². The zero-order chi connectivity index (χ0) is 20.7. The SMILES string of the molecule is CC(=O)N1C(c2ccccc2)=NC2=C(CCc3ccccc32)C1c1ccc(C)cc1. The number of aryl methyl sites for hydroxylation is 2. The van der Waals surface area contributed by atoms with Gasteiger partial charge in [-0.2, -0.15) is 0 Å². The number of carbonyl (C=O) groups excluding carboxylic acids is 1. The van der Waals surface area contributed by atoms with Gasteiger partial charge in [-0.15, -0.1) is 0 Å². The van der Waals surface area contributed by atoms with Crippen molar-refractivity contribution in [1.82, 2.24) is 4.90 Å². The molecule has 1 atom stereocenters. The quantitative estimate of drug-likeness (QED) is 0.550. The Morgan fingerprint density at radius 1 is 0.900 bits per heavy atom. The van der Waals surface area contributed by atoms with Gasteiger partial charge in [0.15, 0.2) is 0 Å². The Kier molecular flexibility index (Phi) is 4.59. The Hall–Kier alpha value is -3.46. The van der Waals surface area contributed by atoms with Gasteiger partial charge in [0.1, 0.15) is 5.84 Å². The topological polar surface area (TPSA) is 32.7 Å². The minimum atomic E-state index is -0.140. The molecule has 3 aromatic carbocycles. The fourth-order valence-electron chi connectivity index (χ4n) is 4.59. The van der Waals surface area contributed by atoms with Crippen molar-refractivity contribution in [2.45, 2.75) is 32.7 Å². The summed E-state index contributed by atoms with van der Waals surface area (Å²) in [5.74, 6) is 0.734. The number of hydrogen-bond acceptors (Lipinski definition) is 2. The maximum Gasteiger partial charge on any atom is 0.225 e. The summed E-state index contributed by atoms with van der Waals surface area (Å²) in [6.45, 7) is 3.73.